The summed E-state index contributed by atoms with van der Waals surface area (Å²) in [5, 5.41) is 9.79. The van der Waals surface area contributed by atoms with Gasteiger partial charge in [-0.3, -0.25) is 0 Å². The number of halogens is 3. The van der Waals surface area contributed by atoms with Gasteiger partial charge in [-0.25, -0.2) is 4.98 Å². The first kappa shape index (κ1) is 15.0. The molecule has 1 aromatic rings. The highest BCUT2D eigenvalue weighted by Gasteiger charge is 2.56. The molecule has 0 fully saturated rings. The van der Waals surface area contributed by atoms with E-state index >= 15 is 0 Å². The number of aryl methyl sites for hydroxylation is 1. The molecule has 0 aliphatic carbocycles. The largest absolute Gasteiger partial charge is 0.419 e. The van der Waals surface area contributed by atoms with Gasteiger partial charge >= 0.3 is 6.18 Å². The Morgan fingerprint density at radius 3 is 2.56 bits per heavy atom. The minimum atomic E-state index is -4.79. The molecule has 2 atom stereocenters. The van der Waals surface area contributed by atoms with Crippen molar-refractivity contribution in [3.63, 3.8) is 0 Å². The van der Waals surface area contributed by atoms with Crippen LogP contribution in [-0.2, 0) is 13.0 Å². The predicted octanol–water partition coefficient (Wildman–Crippen LogP) is 1.48. The molecular weight excluding hydrogens is 247 g/mol. The van der Waals surface area contributed by atoms with Gasteiger partial charge in [-0.1, -0.05) is 6.92 Å². The third-order valence-electron chi connectivity index (χ3n) is 2.94. The molecule has 0 amide bonds. The van der Waals surface area contributed by atoms with Gasteiger partial charge in [-0.15, -0.1) is 0 Å². The lowest BCUT2D eigenvalue weighted by atomic mass is 9.91. The van der Waals surface area contributed by atoms with Crippen molar-refractivity contribution in [3.8, 4) is 0 Å². The van der Waals surface area contributed by atoms with Crippen LogP contribution in [0.5, 0.6) is 0 Å². The van der Waals surface area contributed by atoms with Crippen molar-refractivity contribution >= 4 is 0 Å². The SMILES string of the molecule is CCCn1ccnc1CC(O)(C(C)N)C(F)(F)F. The van der Waals surface area contributed by atoms with Gasteiger partial charge in [0.2, 0.25) is 0 Å². The molecule has 0 saturated heterocycles. The van der Waals surface area contributed by atoms with Gasteiger partial charge in [0.05, 0.1) is 0 Å². The van der Waals surface area contributed by atoms with E-state index in [2.05, 4.69) is 4.98 Å². The molecule has 3 N–H and O–H groups in total. The molecule has 0 aliphatic rings. The number of hydrogen-bond donors (Lipinski definition) is 2. The second-order valence-corrected chi connectivity index (χ2v) is 4.42. The molecule has 104 valence electrons. The fourth-order valence-electron chi connectivity index (χ4n) is 1.71. The van der Waals surface area contributed by atoms with Crippen LogP contribution >= 0.6 is 0 Å². The molecular formula is C11H18F3N3O. The lowest BCUT2D eigenvalue weighted by molar-refractivity contribution is -0.266. The number of nitrogens with two attached hydrogens (primary N) is 1. The zero-order valence-electron chi connectivity index (χ0n) is 10.4. The Balaban J connectivity index is 3.01. The summed E-state index contributed by atoms with van der Waals surface area (Å²) >= 11 is 0. The van der Waals surface area contributed by atoms with Crippen molar-refractivity contribution < 1.29 is 18.3 Å². The van der Waals surface area contributed by atoms with Gasteiger partial charge in [0.1, 0.15) is 5.82 Å². The monoisotopic (exact) mass is 265 g/mol. The van der Waals surface area contributed by atoms with Crippen LogP contribution in [-0.4, -0.2) is 32.5 Å². The summed E-state index contributed by atoms with van der Waals surface area (Å²) < 4.78 is 40.3. The topological polar surface area (TPSA) is 64.1 Å². The number of alkyl halides is 3. The lowest BCUT2D eigenvalue weighted by Gasteiger charge is -2.33. The second kappa shape index (κ2) is 5.27. The van der Waals surface area contributed by atoms with Crippen molar-refractivity contribution in [2.45, 2.75) is 51.1 Å². The maximum absolute atomic E-state index is 12.9. The Hall–Kier alpha value is -1.08. The van der Waals surface area contributed by atoms with E-state index in [4.69, 9.17) is 5.73 Å². The first-order valence-corrected chi connectivity index (χ1v) is 5.77. The van der Waals surface area contributed by atoms with Crippen LogP contribution in [0.25, 0.3) is 0 Å². The average molecular weight is 265 g/mol. The standard InChI is InChI=1S/C11H18F3N3O/c1-3-5-17-6-4-16-9(17)7-10(18,8(2)15)11(12,13)14/h4,6,8,18H,3,5,7,15H2,1-2H3. The van der Waals surface area contributed by atoms with Crippen molar-refractivity contribution in [1.82, 2.24) is 9.55 Å². The van der Waals surface area contributed by atoms with Gasteiger partial charge in [-0.05, 0) is 13.3 Å². The molecule has 1 aromatic heterocycles. The van der Waals surface area contributed by atoms with Crippen molar-refractivity contribution in [3.05, 3.63) is 18.2 Å². The van der Waals surface area contributed by atoms with Crippen molar-refractivity contribution in [2.75, 3.05) is 0 Å². The van der Waals surface area contributed by atoms with E-state index in [-0.39, 0.29) is 5.82 Å². The van der Waals surface area contributed by atoms with Crippen LogP contribution in [0.15, 0.2) is 12.4 Å². The van der Waals surface area contributed by atoms with Crippen LogP contribution < -0.4 is 5.73 Å². The smallest absolute Gasteiger partial charge is 0.379 e. The number of aliphatic hydroxyl groups is 1. The maximum Gasteiger partial charge on any atom is 0.419 e. The van der Waals surface area contributed by atoms with E-state index in [0.717, 1.165) is 13.3 Å². The van der Waals surface area contributed by atoms with Gasteiger partial charge < -0.3 is 15.4 Å². The van der Waals surface area contributed by atoms with E-state index in [9.17, 15) is 18.3 Å². The summed E-state index contributed by atoms with van der Waals surface area (Å²) in [7, 11) is 0. The summed E-state index contributed by atoms with van der Waals surface area (Å²) in [4.78, 5) is 3.86. The number of hydrogen-bond acceptors (Lipinski definition) is 3. The number of rotatable bonds is 5. The molecule has 0 aromatic carbocycles. The number of nitrogens with zero attached hydrogens (tertiary/aromatic N) is 2. The van der Waals surface area contributed by atoms with Crippen molar-refractivity contribution in [1.29, 1.82) is 0 Å². The zero-order chi connectivity index (χ0) is 14.0. The first-order valence-electron chi connectivity index (χ1n) is 5.77. The van der Waals surface area contributed by atoms with Crippen LogP contribution in [0.3, 0.4) is 0 Å². The molecule has 0 radical (unpaired) electrons. The fourth-order valence-corrected chi connectivity index (χ4v) is 1.71. The lowest BCUT2D eigenvalue weighted by Crippen LogP contribution is -2.58. The molecule has 2 unspecified atom stereocenters. The van der Waals surface area contributed by atoms with Crippen LogP contribution in [0.4, 0.5) is 13.2 Å². The summed E-state index contributed by atoms with van der Waals surface area (Å²) in [6.45, 7) is 3.61. The van der Waals surface area contributed by atoms with E-state index in [0.29, 0.717) is 6.54 Å². The molecule has 0 saturated carbocycles. The molecule has 1 rings (SSSR count). The second-order valence-electron chi connectivity index (χ2n) is 4.42. The molecule has 7 heteroatoms. The zero-order valence-corrected chi connectivity index (χ0v) is 10.4. The van der Waals surface area contributed by atoms with Gasteiger partial charge in [-0.2, -0.15) is 13.2 Å². The predicted molar refractivity (Wildman–Crippen MR) is 60.9 cm³/mol. The Morgan fingerprint density at radius 2 is 2.11 bits per heavy atom. The highest BCUT2D eigenvalue weighted by Crippen LogP contribution is 2.35. The van der Waals surface area contributed by atoms with E-state index in [1.54, 1.807) is 10.8 Å². The van der Waals surface area contributed by atoms with Crippen LogP contribution in [0.2, 0.25) is 0 Å². The first-order chi connectivity index (χ1) is 8.22. The Bertz CT molecular complexity index is 389. The molecule has 18 heavy (non-hydrogen) atoms. The van der Waals surface area contributed by atoms with E-state index in [1.165, 1.54) is 6.20 Å². The van der Waals surface area contributed by atoms with Gasteiger partial charge in [0.25, 0.3) is 0 Å². The third kappa shape index (κ3) is 2.84. The maximum atomic E-state index is 12.9. The Morgan fingerprint density at radius 1 is 1.50 bits per heavy atom. The quantitative estimate of drug-likeness (QED) is 0.847. The van der Waals surface area contributed by atoms with Crippen LogP contribution in [0.1, 0.15) is 26.1 Å². The summed E-state index contributed by atoms with van der Waals surface area (Å²) in [5.74, 6) is 0.189. The minimum Gasteiger partial charge on any atom is -0.379 e. The number of aromatic nitrogens is 2. The molecule has 0 aliphatic heterocycles. The molecule has 1 heterocycles. The summed E-state index contributed by atoms with van der Waals surface area (Å²) in [5.41, 5.74) is 2.34. The third-order valence-corrected chi connectivity index (χ3v) is 2.94. The fraction of sp³-hybridized carbons (Fsp3) is 0.727. The van der Waals surface area contributed by atoms with Crippen molar-refractivity contribution in [2.24, 2.45) is 5.73 Å². The normalized spacial score (nSPS) is 17.5. The van der Waals surface area contributed by atoms with Crippen LogP contribution in [0, 0.1) is 0 Å². The summed E-state index contributed by atoms with van der Waals surface area (Å²) in [6.07, 6.45) is -1.64. The minimum absolute atomic E-state index is 0.189. The average Bonchev–Trinajstić information content (AvgIpc) is 2.64. The van der Waals surface area contributed by atoms with Gasteiger partial charge in [0, 0.05) is 31.4 Å². The van der Waals surface area contributed by atoms with E-state index < -0.39 is 24.2 Å². The Kier molecular flexibility index (Phi) is 4.39. The van der Waals surface area contributed by atoms with Gasteiger partial charge in [0.15, 0.2) is 5.60 Å². The van der Waals surface area contributed by atoms with E-state index in [1.807, 2.05) is 6.92 Å². The Labute approximate surface area is 104 Å². The highest BCUT2D eigenvalue weighted by molar-refractivity contribution is 5.05. The summed E-state index contributed by atoms with van der Waals surface area (Å²) in [6, 6.07) is -1.43. The molecule has 0 bridgehead atoms. The highest BCUT2D eigenvalue weighted by atomic mass is 19.4. The molecule has 0 spiro atoms. The number of imidazole rings is 1. The molecule has 4 nitrogen and oxygen atoms in total.